The van der Waals surface area contributed by atoms with E-state index in [1.165, 1.54) is 11.0 Å². The fourth-order valence-corrected chi connectivity index (χ4v) is 9.30. The zero-order chi connectivity index (χ0) is 34.0. The second kappa shape index (κ2) is 12.2. The van der Waals surface area contributed by atoms with E-state index in [1.54, 1.807) is 36.4 Å². The molecule has 0 spiro atoms. The molecular formula is C36H31BrCl2N2O7. The van der Waals surface area contributed by atoms with Crippen LogP contribution in [-0.4, -0.2) is 65.4 Å². The number of amides is 4. The van der Waals surface area contributed by atoms with Gasteiger partial charge in [0, 0.05) is 24.1 Å². The highest BCUT2D eigenvalue weighted by atomic mass is 79.9. The number of carbonyl (C=O) groups excluding carboxylic acids is 4. The van der Waals surface area contributed by atoms with Crippen LogP contribution in [0.25, 0.3) is 0 Å². The minimum absolute atomic E-state index is 0.118. The predicted molar refractivity (Wildman–Crippen MR) is 181 cm³/mol. The molecule has 1 saturated carbocycles. The van der Waals surface area contributed by atoms with Crippen molar-refractivity contribution >= 4 is 62.8 Å². The summed E-state index contributed by atoms with van der Waals surface area (Å²) in [4.78, 5) is 53.9. The summed E-state index contributed by atoms with van der Waals surface area (Å²) in [5, 5.41) is 21.1. The van der Waals surface area contributed by atoms with Gasteiger partial charge in [0.15, 0.2) is 9.75 Å². The number of imide groups is 2. The molecule has 2 heterocycles. The number of nitrogens with zero attached hydrogens (tertiary/aromatic N) is 2. The maximum absolute atomic E-state index is 14.1. The molecule has 2 saturated heterocycles. The van der Waals surface area contributed by atoms with Crippen LogP contribution in [-0.2, 0) is 32.2 Å². The maximum Gasteiger partial charge on any atom is 0.254 e. The number of alkyl halides is 3. The summed E-state index contributed by atoms with van der Waals surface area (Å²) in [6, 6.07) is 20.8. The Balaban J connectivity index is 1.25. The number of hydrogen-bond donors (Lipinski definition) is 2. The molecule has 7 rings (SSSR count). The number of rotatable bonds is 8. The lowest BCUT2D eigenvalue weighted by Crippen LogP contribution is -2.60. The van der Waals surface area contributed by atoms with E-state index >= 15 is 0 Å². The van der Waals surface area contributed by atoms with Crippen LogP contribution in [0, 0.1) is 17.8 Å². The summed E-state index contributed by atoms with van der Waals surface area (Å²) in [6.45, 7) is 0.405. The molecule has 48 heavy (non-hydrogen) atoms. The van der Waals surface area contributed by atoms with Gasteiger partial charge in [-0.15, -0.1) is 23.2 Å². The number of allylic oxidation sites excluding steroid dienone is 2. The van der Waals surface area contributed by atoms with Gasteiger partial charge >= 0.3 is 0 Å². The van der Waals surface area contributed by atoms with Crippen LogP contribution in [0.2, 0.25) is 0 Å². The number of aromatic hydroxyl groups is 2. The second-order valence-electron chi connectivity index (χ2n) is 12.7. The van der Waals surface area contributed by atoms with Gasteiger partial charge in [0.2, 0.25) is 11.8 Å². The fourth-order valence-electron chi connectivity index (χ4n) is 7.89. The average Bonchev–Trinajstić information content (AvgIpc) is 3.41. The highest BCUT2D eigenvalue weighted by Crippen LogP contribution is 2.66. The Labute approximate surface area is 295 Å². The third kappa shape index (κ3) is 4.94. The number of phenols is 2. The van der Waals surface area contributed by atoms with E-state index in [4.69, 9.17) is 27.9 Å². The zero-order valence-electron chi connectivity index (χ0n) is 25.5. The number of fused-ring (bicyclic) bond motifs is 4. The van der Waals surface area contributed by atoms with Gasteiger partial charge in [-0.1, -0.05) is 76.1 Å². The molecule has 3 aromatic rings. The number of likely N-dealkylation sites (tertiary alicyclic amines) is 2. The van der Waals surface area contributed by atoms with Gasteiger partial charge < -0.3 is 14.9 Å². The Kier molecular flexibility index (Phi) is 8.33. The van der Waals surface area contributed by atoms with E-state index in [0.29, 0.717) is 17.7 Å². The van der Waals surface area contributed by atoms with E-state index in [1.807, 2.05) is 36.4 Å². The normalized spacial score (nSPS) is 29.4. The molecule has 9 nitrogen and oxygen atoms in total. The quantitative estimate of drug-likeness (QED) is 0.132. The van der Waals surface area contributed by atoms with Gasteiger partial charge in [0.1, 0.15) is 23.9 Å². The van der Waals surface area contributed by atoms with Crippen LogP contribution in [0.5, 0.6) is 17.2 Å². The third-order valence-electron chi connectivity index (χ3n) is 10.2. The van der Waals surface area contributed by atoms with Crippen LogP contribution in [0.1, 0.15) is 35.4 Å². The Morgan fingerprint density at radius 3 is 2.27 bits per heavy atom. The minimum atomic E-state index is -2.03. The molecule has 2 aliphatic carbocycles. The van der Waals surface area contributed by atoms with Crippen molar-refractivity contribution < 1.29 is 34.1 Å². The van der Waals surface area contributed by atoms with Gasteiger partial charge in [-0.25, -0.2) is 0 Å². The smallest absolute Gasteiger partial charge is 0.254 e. The molecule has 2 aliphatic heterocycles. The first-order chi connectivity index (χ1) is 23.0. The lowest BCUT2D eigenvalue weighted by molar-refractivity contribution is -0.141. The van der Waals surface area contributed by atoms with Crippen molar-refractivity contribution in [3.8, 4) is 17.2 Å². The van der Waals surface area contributed by atoms with E-state index in [0.717, 1.165) is 16.0 Å². The minimum Gasteiger partial charge on any atom is -0.508 e. The SMILES string of the molecule is O=C1C2CC=C3C(CC4(Cl)C(=O)N(CBr)C(=O)C4(Cl)C3c3ccc(OCc4ccccc4)cc3O)C2C(=O)N1CCc1ccc(O)cc1. The Bertz CT molecular complexity index is 1850. The number of halogens is 3. The molecule has 6 atom stereocenters. The molecule has 3 aromatic carbocycles. The molecule has 248 valence electrons. The molecule has 4 aliphatic rings. The summed E-state index contributed by atoms with van der Waals surface area (Å²) in [7, 11) is 0. The molecule has 3 fully saturated rings. The van der Waals surface area contributed by atoms with E-state index in [2.05, 4.69) is 15.9 Å². The first-order valence-corrected chi connectivity index (χ1v) is 17.5. The van der Waals surface area contributed by atoms with E-state index < -0.39 is 45.2 Å². The Morgan fingerprint density at radius 1 is 0.854 bits per heavy atom. The highest BCUT2D eigenvalue weighted by molar-refractivity contribution is 9.09. The number of hydrogen-bond acceptors (Lipinski definition) is 7. The van der Waals surface area contributed by atoms with Crippen molar-refractivity contribution in [1.82, 2.24) is 9.80 Å². The van der Waals surface area contributed by atoms with Crippen LogP contribution >= 0.6 is 39.1 Å². The van der Waals surface area contributed by atoms with Crippen molar-refractivity contribution in [1.29, 1.82) is 0 Å². The van der Waals surface area contributed by atoms with Crippen LogP contribution in [0.4, 0.5) is 0 Å². The summed E-state index contributed by atoms with van der Waals surface area (Å²) in [6.07, 6.45) is 2.31. The van der Waals surface area contributed by atoms with Gasteiger partial charge in [0.25, 0.3) is 11.8 Å². The Morgan fingerprint density at radius 2 is 1.58 bits per heavy atom. The summed E-state index contributed by atoms with van der Waals surface area (Å²) in [5.41, 5.74) is 2.49. The number of carbonyl (C=O) groups is 4. The molecule has 0 radical (unpaired) electrons. The first-order valence-electron chi connectivity index (χ1n) is 15.6. The second-order valence-corrected chi connectivity index (χ2v) is 14.5. The maximum atomic E-state index is 14.1. The first kappa shape index (κ1) is 32.7. The largest absolute Gasteiger partial charge is 0.508 e. The third-order valence-corrected chi connectivity index (χ3v) is 12.1. The highest BCUT2D eigenvalue weighted by Gasteiger charge is 2.76. The van der Waals surface area contributed by atoms with Gasteiger partial charge in [0.05, 0.1) is 17.3 Å². The Hall–Kier alpha value is -3.86. The van der Waals surface area contributed by atoms with Crippen molar-refractivity contribution in [3.05, 3.63) is 101 Å². The van der Waals surface area contributed by atoms with Gasteiger partial charge in [-0.3, -0.25) is 29.0 Å². The van der Waals surface area contributed by atoms with Gasteiger partial charge in [-0.05, 0) is 54.5 Å². The summed E-state index contributed by atoms with van der Waals surface area (Å²) in [5.74, 6) is -5.08. The molecule has 2 N–H and O–H groups in total. The van der Waals surface area contributed by atoms with Crippen molar-refractivity contribution in [2.75, 3.05) is 12.0 Å². The summed E-state index contributed by atoms with van der Waals surface area (Å²) >= 11 is 17.8. The number of benzene rings is 3. The average molecular weight is 754 g/mol. The molecule has 0 bridgehead atoms. The lowest BCUT2D eigenvalue weighted by atomic mass is 9.56. The molecule has 0 aromatic heterocycles. The van der Waals surface area contributed by atoms with Gasteiger partial charge in [-0.2, -0.15) is 0 Å². The van der Waals surface area contributed by atoms with Crippen molar-refractivity contribution in [2.45, 2.75) is 41.5 Å². The number of ether oxygens (including phenoxy) is 1. The lowest BCUT2D eigenvalue weighted by Gasteiger charge is -2.50. The molecular weight excluding hydrogens is 723 g/mol. The van der Waals surface area contributed by atoms with E-state index in [-0.39, 0.29) is 60.3 Å². The monoisotopic (exact) mass is 752 g/mol. The van der Waals surface area contributed by atoms with Crippen LogP contribution < -0.4 is 4.74 Å². The number of phenolic OH excluding ortho intramolecular Hbond substituents is 2. The van der Waals surface area contributed by atoms with Crippen molar-refractivity contribution in [2.24, 2.45) is 17.8 Å². The predicted octanol–water partition coefficient (Wildman–Crippen LogP) is 5.63. The van der Waals surface area contributed by atoms with Crippen LogP contribution in [0.15, 0.2) is 84.4 Å². The molecule has 12 heteroatoms. The standard InChI is InChI=1S/C36H31BrCl2N2O7/c37-19-41-33(46)35(38)17-27-24(12-13-26-29(27)32(45)40(31(26)44)15-14-20-6-8-22(42)9-7-20)30(36(35,39)34(41)47)25-11-10-23(16-28(25)43)48-18-21-4-2-1-3-5-21/h1-12,16,26-27,29-30,42-43H,13-15,17-19H2. The fraction of sp³-hybridized carbons (Fsp3) is 0.333. The topological polar surface area (TPSA) is 124 Å². The summed E-state index contributed by atoms with van der Waals surface area (Å²) < 4.78 is 5.91. The molecule has 6 unspecified atom stereocenters. The molecule has 4 amide bonds. The van der Waals surface area contributed by atoms with E-state index in [9.17, 15) is 29.4 Å². The van der Waals surface area contributed by atoms with Crippen LogP contribution in [0.3, 0.4) is 0 Å². The zero-order valence-corrected chi connectivity index (χ0v) is 28.6. The van der Waals surface area contributed by atoms with Crippen molar-refractivity contribution in [3.63, 3.8) is 0 Å².